The fraction of sp³-hybridized carbons (Fsp3) is 0.600. The van der Waals surface area contributed by atoms with Gasteiger partial charge in [0.1, 0.15) is 5.83 Å². The van der Waals surface area contributed by atoms with Crippen molar-refractivity contribution < 1.29 is 4.39 Å². The van der Waals surface area contributed by atoms with E-state index in [-0.39, 0.29) is 5.83 Å². The van der Waals surface area contributed by atoms with Gasteiger partial charge in [-0.1, -0.05) is 19.4 Å². The Kier molecular flexibility index (Phi) is 3.48. The molecule has 0 amide bonds. The van der Waals surface area contributed by atoms with Crippen molar-refractivity contribution in [1.29, 1.82) is 0 Å². The van der Waals surface area contributed by atoms with Gasteiger partial charge in [0.15, 0.2) is 0 Å². The first kappa shape index (κ1) is 9.46. The van der Waals surface area contributed by atoms with E-state index in [1.807, 2.05) is 13.8 Å². The Morgan fingerprint density at radius 1 is 1.25 bits per heavy atom. The molecule has 0 bridgehead atoms. The Morgan fingerprint density at radius 2 is 2.00 bits per heavy atom. The van der Waals surface area contributed by atoms with Crippen molar-refractivity contribution in [2.75, 3.05) is 13.1 Å². The SMILES string of the molecule is CC.FC1=CC2=C(CC1)CNC2. The van der Waals surface area contributed by atoms with Gasteiger partial charge in [0.2, 0.25) is 0 Å². The van der Waals surface area contributed by atoms with Crippen LogP contribution >= 0.6 is 0 Å². The van der Waals surface area contributed by atoms with Crippen LogP contribution in [0.5, 0.6) is 0 Å². The van der Waals surface area contributed by atoms with Crippen molar-refractivity contribution in [2.24, 2.45) is 0 Å². The molecule has 0 saturated carbocycles. The zero-order valence-electron chi connectivity index (χ0n) is 7.78. The van der Waals surface area contributed by atoms with Crippen molar-refractivity contribution >= 4 is 0 Å². The molecule has 0 unspecified atom stereocenters. The third-order valence-electron chi connectivity index (χ3n) is 2.10. The summed E-state index contributed by atoms with van der Waals surface area (Å²) in [5.74, 6) is 0.0439. The van der Waals surface area contributed by atoms with Crippen LogP contribution in [0.15, 0.2) is 23.0 Å². The summed E-state index contributed by atoms with van der Waals surface area (Å²) in [6.07, 6.45) is 3.21. The highest BCUT2D eigenvalue weighted by Gasteiger charge is 2.16. The van der Waals surface area contributed by atoms with Crippen LogP contribution < -0.4 is 5.32 Å². The van der Waals surface area contributed by atoms with Crippen molar-refractivity contribution in [2.45, 2.75) is 26.7 Å². The van der Waals surface area contributed by atoms with E-state index in [9.17, 15) is 4.39 Å². The Hall–Kier alpha value is -0.630. The van der Waals surface area contributed by atoms with Gasteiger partial charge >= 0.3 is 0 Å². The topological polar surface area (TPSA) is 12.0 Å². The molecular weight excluding hydrogens is 153 g/mol. The third kappa shape index (κ3) is 1.95. The molecular formula is C10H16FN. The van der Waals surface area contributed by atoms with Crippen LogP contribution in [-0.4, -0.2) is 13.1 Å². The first-order chi connectivity index (χ1) is 5.86. The van der Waals surface area contributed by atoms with Crippen LogP contribution in [0.25, 0.3) is 0 Å². The number of rotatable bonds is 0. The van der Waals surface area contributed by atoms with E-state index in [1.165, 1.54) is 11.1 Å². The van der Waals surface area contributed by atoms with Gasteiger partial charge in [-0.05, 0) is 18.1 Å². The number of nitrogens with one attached hydrogen (secondary N) is 1. The van der Waals surface area contributed by atoms with Crippen molar-refractivity contribution in [3.8, 4) is 0 Å². The lowest BCUT2D eigenvalue weighted by molar-refractivity contribution is 0.579. The van der Waals surface area contributed by atoms with Crippen LogP contribution in [0.2, 0.25) is 0 Å². The lowest BCUT2D eigenvalue weighted by Crippen LogP contribution is -2.08. The molecule has 68 valence electrons. The first-order valence-electron chi connectivity index (χ1n) is 4.64. The highest BCUT2D eigenvalue weighted by Crippen LogP contribution is 2.26. The summed E-state index contributed by atoms with van der Waals surface area (Å²) in [6, 6.07) is 0. The lowest BCUT2D eigenvalue weighted by Gasteiger charge is -2.07. The average Bonchev–Trinajstić information content (AvgIpc) is 2.54. The minimum absolute atomic E-state index is 0.0439. The molecule has 1 N–H and O–H groups in total. The normalized spacial score (nSPS) is 21.1. The Morgan fingerprint density at radius 3 is 2.75 bits per heavy atom. The predicted octanol–water partition coefficient (Wildman–Crippen LogP) is 2.56. The smallest absolute Gasteiger partial charge is 0.101 e. The highest BCUT2D eigenvalue weighted by atomic mass is 19.1. The molecule has 0 radical (unpaired) electrons. The average molecular weight is 169 g/mol. The number of halogens is 1. The van der Waals surface area contributed by atoms with E-state index in [2.05, 4.69) is 5.32 Å². The molecule has 0 spiro atoms. The summed E-state index contributed by atoms with van der Waals surface area (Å²) in [5, 5.41) is 3.20. The second kappa shape index (κ2) is 4.41. The van der Waals surface area contributed by atoms with Gasteiger partial charge in [-0.15, -0.1) is 0 Å². The minimum Gasteiger partial charge on any atom is -0.309 e. The van der Waals surface area contributed by atoms with E-state index in [4.69, 9.17) is 0 Å². The van der Waals surface area contributed by atoms with Crippen LogP contribution in [0.1, 0.15) is 26.7 Å². The molecule has 0 fully saturated rings. The summed E-state index contributed by atoms with van der Waals surface area (Å²) in [7, 11) is 0. The monoisotopic (exact) mass is 169 g/mol. The molecule has 1 nitrogen and oxygen atoms in total. The second-order valence-electron chi connectivity index (χ2n) is 2.82. The Bertz CT molecular complexity index is 216. The number of allylic oxidation sites excluding steroid dienone is 1. The van der Waals surface area contributed by atoms with Gasteiger partial charge in [-0.2, -0.15) is 0 Å². The molecule has 2 rings (SSSR count). The van der Waals surface area contributed by atoms with Crippen LogP contribution in [-0.2, 0) is 0 Å². The lowest BCUT2D eigenvalue weighted by atomic mass is 10.00. The Labute approximate surface area is 73.4 Å². The molecule has 1 heterocycles. The molecule has 1 aliphatic carbocycles. The van der Waals surface area contributed by atoms with Crippen molar-refractivity contribution in [1.82, 2.24) is 5.32 Å². The molecule has 12 heavy (non-hydrogen) atoms. The van der Waals surface area contributed by atoms with E-state index < -0.39 is 0 Å². The number of hydrogen-bond donors (Lipinski definition) is 1. The highest BCUT2D eigenvalue weighted by molar-refractivity contribution is 5.36. The van der Waals surface area contributed by atoms with Gasteiger partial charge in [0.25, 0.3) is 0 Å². The minimum atomic E-state index is 0.0439. The second-order valence-corrected chi connectivity index (χ2v) is 2.82. The molecule has 2 heteroatoms. The molecule has 0 aromatic heterocycles. The van der Waals surface area contributed by atoms with E-state index >= 15 is 0 Å². The third-order valence-corrected chi connectivity index (χ3v) is 2.10. The van der Waals surface area contributed by atoms with Crippen molar-refractivity contribution in [3.05, 3.63) is 23.0 Å². The summed E-state index contributed by atoms with van der Waals surface area (Å²) in [6.45, 7) is 5.84. The molecule has 0 atom stereocenters. The van der Waals surface area contributed by atoms with Crippen molar-refractivity contribution in [3.63, 3.8) is 0 Å². The van der Waals surface area contributed by atoms with Gasteiger partial charge in [-0.25, -0.2) is 4.39 Å². The van der Waals surface area contributed by atoms with Gasteiger partial charge in [-0.3, -0.25) is 0 Å². The summed E-state index contributed by atoms with van der Waals surface area (Å²) < 4.78 is 12.6. The van der Waals surface area contributed by atoms with E-state index in [1.54, 1.807) is 6.08 Å². The summed E-state index contributed by atoms with van der Waals surface area (Å²) in [5.41, 5.74) is 2.59. The quantitative estimate of drug-likeness (QED) is 0.587. The molecule has 1 aliphatic heterocycles. The predicted molar refractivity (Wildman–Crippen MR) is 49.7 cm³/mol. The zero-order valence-corrected chi connectivity index (χ0v) is 7.78. The largest absolute Gasteiger partial charge is 0.309 e. The summed E-state index contributed by atoms with van der Waals surface area (Å²) >= 11 is 0. The van der Waals surface area contributed by atoms with Crippen LogP contribution in [0, 0.1) is 0 Å². The van der Waals surface area contributed by atoms with Gasteiger partial charge in [0, 0.05) is 19.5 Å². The van der Waals surface area contributed by atoms with Gasteiger partial charge < -0.3 is 5.32 Å². The zero-order chi connectivity index (χ0) is 8.97. The standard InChI is InChI=1S/C8H10FN.C2H6/c9-8-2-1-6-4-10-5-7(6)3-8;1-2/h3,10H,1-2,4-5H2;1-2H3. The maximum Gasteiger partial charge on any atom is 0.101 e. The summed E-state index contributed by atoms with van der Waals surface area (Å²) in [4.78, 5) is 0. The van der Waals surface area contributed by atoms with Crippen LogP contribution in [0.3, 0.4) is 0 Å². The van der Waals surface area contributed by atoms with Crippen LogP contribution in [0.4, 0.5) is 4.39 Å². The maximum atomic E-state index is 12.6. The number of hydrogen-bond acceptors (Lipinski definition) is 1. The molecule has 0 aromatic rings. The Balaban J connectivity index is 0.000000336. The fourth-order valence-corrected chi connectivity index (χ4v) is 1.52. The molecule has 0 aromatic carbocycles. The maximum absolute atomic E-state index is 12.6. The molecule has 0 saturated heterocycles. The fourth-order valence-electron chi connectivity index (χ4n) is 1.52. The van der Waals surface area contributed by atoms with E-state index in [0.29, 0.717) is 6.42 Å². The molecule has 2 aliphatic rings. The first-order valence-corrected chi connectivity index (χ1v) is 4.64. The van der Waals surface area contributed by atoms with E-state index in [0.717, 1.165) is 19.5 Å². The van der Waals surface area contributed by atoms with Gasteiger partial charge in [0.05, 0.1) is 0 Å².